The van der Waals surface area contributed by atoms with Gasteiger partial charge in [0, 0.05) is 5.56 Å². The third kappa shape index (κ3) is 3.90. The molecule has 5 nitrogen and oxygen atoms in total. The molecule has 2 aromatic carbocycles. The highest BCUT2D eigenvalue weighted by Crippen LogP contribution is 2.60. The van der Waals surface area contributed by atoms with E-state index in [2.05, 4.69) is 4.99 Å². The first-order chi connectivity index (χ1) is 12.6. The Morgan fingerprint density at radius 3 is 2.19 bits per heavy atom. The Kier molecular flexibility index (Phi) is 5.92. The number of benzene rings is 2. The molecule has 0 bridgehead atoms. The molecular weight excluding hydrogens is 349 g/mol. The Bertz CT molecular complexity index is 794. The van der Waals surface area contributed by atoms with Crippen molar-refractivity contribution in [3.63, 3.8) is 0 Å². The highest BCUT2D eigenvalue weighted by molar-refractivity contribution is 7.54. The van der Waals surface area contributed by atoms with Crippen LogP contribution in [0.25, 0.3) is 0 Å². The van der Waals surface area contributed by atoms with Crippen molar-refractivity contribution in [2.75, 3.05) is 13.2 Å². The van der Waals surface area contributed by atoms with Crippen molar-refractivity contribution in [2.24, 2.45) is 4.99 Å². The third-order valence-electron chi connectivity index (χ3n) is 4.13. The fraction of sp³-hybridized carbons (Fsp3) is 0.350. The summed E-state index contributed by atoms with van der Waals surface area (Å²) in [7, 11) is -3.47. The average Bonchev–Trinajstić information content (AvgIpc) is 3.10. The first kappa shape index (κ1) is 18.8. The lowest BCUT2D eigenvalue weighted by Gasteiger charge is -2.25. The zero-order chi connectivity index (χ0) is 18.6. The van der Waals surface area contributed by atoms with Gasteiger partial charge < -0.3 is 13.8 Å². The summed E-state index contributed by atoms with van der Waals surface area (Å²) in [5.74, 6) is -0.277. The molecule has 0 radical (unpaired) electrons. The van der Waals surface area contributed by atoms with Crippen molar-refractivity contribution in [2.45, 2.75) is 32.7 Å². The van der Waals surface area contributed by atoms with E-state index in [1.807, 2.05) is 61.5 Å². The van der Waals surface area contributed by atoms with Crippen molar-refractivity contribution in [3.8, 4) is 0 Å². The van der Waals surface area contributed by atoms with Gasteiger partial charge in [-0.05, 0) is 38.5 Å². The zero-order valence-electron chi connectivity index (χ0n) is 15.3. The Hall–Kier alpha value is -1.94. The van der Waals surface area contributed by atoms with Crippen molar-refractivity contribution < 1.29 is 18.3 Å². The topological polar surface area (TPSA) is 57.1 Å². The van der Waals surface area contributed by atoms with Crippen molar-refractivity contribution in [1.82, 2.24) is 0 Å². The molecule has 0 fully saturated rings. The fourth-order valence-electron chi connectivity index (χ4n) is 2.91. The van der Waals surface area contributed by atoms with Crippen LogP contribution in [0.4, 0.5) is 0 Å². The summed E-state index contributed by atoms with van der Waals surface area (Å²) in [6.07, 6.45) is -0.519. The second kappa shape index (κ2) is 8.17. The van der Waals surface area contributed by atoms with Gasteiger partial charge in [0.15, 0.2) is 11.9 Å². The molecule has 1 aliphatic rings. The Morgan fingerprint density at radius 1 is 1.00 bits per heavy atom. The van der Waals surface area contributed by atoms with Crippen LogP contribution < -0.4 is 0 Å². The Labute approximate surface area is 154 Å². The van der Waals surface area contributed by atoms with E-state index in [1.165, 1.54) is 0 Å². The van der Waals surface area contributed by atoms with E-state index in [0.717, 1.165) is 16.7 Å². The largest absolute Gasteiger partial charge is 0.466 e. The van der Waals surface area contributed by atoms with Gasteiger partial charge in [-0.2, -0.15) is 0 Å². The number of aliphatic imine (C=N–C) groups is 1. The van der Waals surface area contributed by atoms with Gasteiger partial charge in [-0.1, -0.05) is 48.0 Å². The second-order valence-electron chi connectivity index (χ2n) is 6.04. The minimum absolute atomic E-state index is 0.282. The predicted octanol–water partition coefficient (Wildman–Crippen LogP) is 5.11. The molecule has 26 heavy (non-hydrogen) atoms. The normalized spacial score (nSPS) is 19.9. The number of rotatable bonds is 7. The molecule has 1 aliphatic heterocycles. The molecule has 0 saturated carbocycles. The summed E-state index contributed by atoms with van der Waals surface area (Å²) >= 11 is 0. The van der Waals surface area contributed by atoms with Crippen LogP contribution in [0.5, 0.6) is 0 Å². The van der Waals surface area contributed by atoms with Crippen LogP contribution in [0, 0.1) is 6.92 Å². The molecule has 0 N–H and O–H groups in total. The SMILES string of the molecule is CCOP(=O)(OCC)[C@H]1N=C(c2ccccc2)O[C@@H]1c1ccc(C)cc1. The van der Waals surface area contributed by atoms with Crippen LogP contribution in [0.2, 0.25) is 0 Å². The molecule has 2 atom stereocenters. The molecule has 3 rings (SSSR count). The molecule has 6 heteroatoms. The van der Waals surface area contributed by atoms with E-state index in [-0.39, 0.29) is 13.2 Å². The van der Waals surface area contributed by atoms with Gasteiger partial charge >= 0.3 is 7.60 Å². The molecule has 2 aromatic rings. The lowest BCUT2D eigenvalue weighted by molar-refractivity contribution is 0.172. The van der Waals surface area contributed by atoms with E-state index < -0.39 is 19.5 Å². The first-order valence-corrected chi connectivity index (χ1v) is 10.4. The summed E-state index contributed by atoms with van der Waals surface area (Å²) in [6, 6.07) is 17.5. The zero-order valence-corrected chi connectivity index (χ0v) is 16.2. The predicted molar refractivity (Wildman–Crippen MR) is 103 cm³/mol. The number of nitrogens with zero attached hydrogens (tertiary/aromatic N) is 1. The van der Waals surface area contributed by atoms with Crippen molar-refractivity contribution in [1.29, 1.82) is 0 Å². The van der Waals surface area contributed by atoms with Crippen LogP contribution in [0.3, 0.4) is 0 Å². The second-order valence-corrected chi connectivity index (χ2v) is 8.16. The smallest absolute Gasteiger partial charge is 0.359 e. The molecule has 0 unspecified atom stereocenters. The molecule has 0 saturated heterocycles. The van der Waals surface area contributed by atoms with Gasteiger partial charge in [-0.15, -0.1) is 0 Å². The summed E-state index contributed by atoms with van der Waals surface area (Å²) in [6.45, 7) is 6.18. The Morgan fingerprint density at radius 2 is 1.62 bits per heavy atom. The summed E-state index contributed by atoms with van der Waals surface area (Å²) in [5.41, 5.74) is 2.88. The van der Waals surface area contributed by atoms with Gasteiger partial charge in [0.2, 0.25) is 5.90 Å². The Balaban J connectivity index is 2.02. The van der Waals surface area contributed by atoms with E-state index in [0.29, 0.717) is 5.90 Å². The highest BCUT2D eigenvalue weighted by Gasteiger charge is 2.47. The maximum atomic E-state index is 13.4. The van der Waals surface area contributed by atoms with Crippen LogP contribution in [-0.4, -0.2) is 24.9 Å². The average molecular weight is 373 g/mol. The summed E-state index contributed by atoms with van der Waals surface area (Å²) in [5, 5.41) is 0. The van der Waals surface area contributed by atoms with Gasteiger partial charge in [-0.25, -0.2) is 4.99 Å². The number of aryl methyl sites for hydroxylation is 1. The van der Waals surface area contributed by atoms with Gasteiger partial charge in [0.1, 0.15) is 0 Å². The molecule has 0 aromatic heterocycles. The van der Waals surface area contributed by atoms with Gasteiger partial charge in [0.05, 0.1) is 13.2 Å². The third-order valence-corrected chi connectivity index (χ3v) is 6.40. The van der Waals surface area contributed by atoms with E-state index in [9.17, 15) is 4.57 Å². The lowest BCUT2D eigenvalue weighted by Crippen LogP contribution is -2.18. The van der Waals surface area contributed by atoms with Crippen molar-refractivity contribution >= 4 is 13.5 Å². The summed E-state index contributed by atoms with van der Waals surface area (Å²) < 4.78 is 30.7. The molecule has 1 heterocycles. The van der Waals surface area contributed by atoms with Crippen LogP contribution in [0.1, 0.15) is 36.6 Å². The van der Waals surface area contributed by atoms with Gasteiger partial charge in [0.25, 0.3) is 0 Å². The van der Waals surface area contributed by atoms with Crippen LogP contribution in [0.15, 0.2) is 59.6 Å². The van der Waals surface area contributed by atoms with Crippen molar-refractivity contribution in [3.05, 3.63) is 71.3 Å². The molecular formula is C20H24NO4P. The first-order valence-electron chi connectivity index (χ1n) is 8.82. The minimum atomic E-state index is -3.47. The highest BCUT2D eigenvalue weighted by atomic mass is 31.2. The molecule has 0 amide bonds. The minimum Gasteiger partial charge on any atom is -0.466 e. The number of hydrogen-bond acceptors (Lipinski definition) is 5. The lowest BCUT2D eigenvalue weighted by atomic mass is 10.1. The molecule has 0 spiro atoms. The molecule has 0 aliphatic carbocycles. The molecule has 138 valence electrons. The van der Waals surface area contributed by atoms with E-state index >= 15 is 0 Å². The van der Waals surface area contributed by atoms with Gasteiger partial charge in [-0.3, -0.25) is 4.57 Å². The van der Waals surface area contributed by atoms with E-state index in [4.69, 9.17) is 13.8 Å². The maximum absolute atomic E-state index is 13.4. The number of ether oxygens (including phenoxy) is 1. The van der Waals surface area contributed by atoms with E-state index in [1.54, 1.807) is 13.8 Å². The number of hydrogen-bond donors (Lipinski definition) is 0. The fourth-order valence-corrected chi connectivity index (χ4v) is 4.82. The quantitative estimate of drug-likeness (QED) is 0.633. The van der Waals surface area contributed by atoms with Crippen LogP contribution >= 0.6 is 7.60 Å². The standard InChI is InChI=1S/C20H24NO4P/c1-4-23-26(22,24-5-2)20-18(16-13-11-15(3)12-14-16)25-19(21-20)17-9-7-6-8-10-17/h6-14,18,20H,4-5H2,1-3H3/t18-,20-/m1/s1. The summed E-state index contributed by atoms with van der Waals surface area (Å²) in [4.78, 5) is 4.63. The van der Waals surface area contributed by atoms with Crippen LogP contribution in [-0.2, 0) is 18.3 Å². The monoisotopic (exact) mass is 373 g/mol. The maximum Gasteiger partial charge on any atom is 0.359 e.